The molecule has 0 radical (unpaired) electrons. The van der Waals surface area contributed by atoms with Crippen molar-refractivity contribution in [2.75, 3.05) is 24.5 Å². The number of halogens is 6. The van der Waals surface area contributed by atoms with Gasteiger partial charge >= 0.3 is 6.30 Å². The molecule has 2 aromatic carbocycles. The van der Waals surface area contributed by atoms with Gasteiger partial charge in [-0.15, -0.1) is 0 Å². The summed E-state index contributed by atoms with van der Waals surface area (Å²) in [6.45, 7) is 1.82. The second-order valence-corrected chi connectivity index (χ2v) is 9.74. The first-order valence-corrected chi connectivity index (χ1v) is 12.6. The molecule has 8 nitrogen and oxygen atoms in total. The number of piperazine rings is 1. The van der Waals surface area contributed by atoms with Gasteiger partial charge in [0.15, 0.2) is 5.82 Å². The molecule has 1 atom stereocenters. The topological polar surface area (TPSA) is 90.3 Å². The molecule has 0 amide bonds. The Morgan fingerprint density at radius 3 is 2.48 bits per heavy atom. The van der Waals surface area contributed by atoms with Gasteiger partial charge in [0, 0.05) is 49.0 Å². The first-order valence-electron chi connectivity index (χ1n) is 12.3. The fraction of sp³-hybridized carbons (Fsp3) is 0.308. The Hall–Kier alpha value is -3.68. The fourth-order valence-corrected chi connectivity index (χ4v) is 4.93. The summed E-state index contributed by atoms with van der Waals surface area (Å²) in [6, 6.07) is 6.27. The molecule has 210 valence electrons. The maximum Gasteiger partial charge on any atom is 0.460 e. The molecule has 1 aliphatic heterocycles. The standard InChI is InChI=1S/C26H23ClF5N7O/c1-14-11-38(9-8-33-14)25-15-10-16(27)21(22-17(28)4-2-5-18(22)40)23(29)24(15)36-20(37-25)13-39(26(30,31)32)12-19-34-6-3-7-35-19/h2-7,10,14,33,40H,8-9,11-13H2,1H3. The predicted molar refractivity (Wildman–Crippen MR) is 139 cm³/mol. The molecule has 1 aliphatic rings. The van der Waals surface area contributed by atoms with Gasteiger partial charge in [-0.1, -0.05) is 17.7 Å². The number of aromatic hydroxyl groups is 1. The van der Waals surface area contributed by atoms with Gasteiger partial charge in [-0.05, 0) is 31.2 Å². The number of aromatic nitrogens is 4. The van der Waals surface area contributed by atoms with Crippen molar-refractivity contribution in [3.8, 4) is 16.9 Å². The van der Waals surface area contributed by atoms with Crippen LogP contribution in [0.4, 0.5) is 27.8 Å². The van der Waals surface area contributed by atoms with E-state index in [0.717, 1.165) is 6.07 Å². The largest absolute Gasteiger partial charge is 0.507 e. The summed E-state index contributed by atoms with van der Waals surface area (Å²) in [5.74, 6) is -2.80. The van der Waals surface area contributed by atoms with Crippen molar-refractivity contribution in [3.63, 3.8) is 0 Å². The van der Waals surface area contributed by atoms with E-state index < -0.39 is 47.9 Å². The highest BCUT2D eigenvalue weighted by atomic mass is 35.5. The molecule has 0 saturated carbocycles. The Balaban J connectivity index is 1.68. The van der Waals surface area contributed by atoms with Crippen LogP contribution < -0.4 is 10.2 Å². The highest BCUT2D eigenvalue weighted by molar-refractivity contribution is 6.34. The molecule has 4 aromatic rings. The molecular weight excluding hydrogens is 557 g/mol. The average Bonchev–Trinajstić information content (AvgIpc) is 2.90. The van der Waals surface area contributed by atoms with Crippen molar-refractivity contribution in [1.29, 1.82) is 0 Å². The van der Waals surface area contributed by atoms with Crippen LogP contribution >= 0.6 is 11.6 Å². The maximum atomic E-state index is 16.2. The van der Waals surface area contributed by atoms with Crippen LogP contribution in [0.15, 0.2) is 42.7 Å². The summed E-state index contributed by atoms with van der Waals surface area (Å²) in [6.07, 6.45) is -2.17. The Kier molecular flexibility index (Phi) is 7.71. The Morgan fingerprint density at radius 1 is 1.07 bits per heavy atom. The predicted octanol–water partition coefficient (Wildman–Crippen LogP) is 5.04. The molecule has 1 saturated heterocycles. The minimum atomic E-state index is -4.82. The summed E-state index contributed by atoms with van der Waals surface area (Å²) in [4.78, 5) is 18.2. The normalized spacial score (nSPS) is 16.2. The summed E-state index contributed by atoms with van der Waals surface area (Å²) in [7, 11) is 0. The molecule has 2 N–H and O–H groups in total. The van der Waals surface area contributed by atoms with E-state index in [-0.39, 0.29) is 44.3 Å². The van der Waals surface area contributed by atoms with Crippen molar-refractivity contribution in [2.45, 2.75) is 32.4 Å². The van der Waals surface area contributed by atoms with E-state index >= 15 is 4.39 Å². The van der Waals surface area contributed by atoms with Gasteiger partial charge in [0.2, 0.25) is 0 Å². The fourth-order valence-electron chi connectivity index (χ4n) is 4.64. The molecule has 0 bridgehead atoms. The number of nitrogens with one attached hydrogen (secondary N) is 1. The lowest BCUT2D eigenvalue weighted by Crippen LogP contribution is -2.49. The van der Waals surface area contributed by atoms with Crippen LogP contribution in [0.5, 0.6) is 5.75 Å². The van der Waals surface area contributed by atoms with E-state index in [1.807, 2.05) is 11.8 Å². The minimum absolute atomic E-state index is 0.0130. The third kappa shape index (κ3) is 5.62. The molecule has 14 heteroatoms. The van der Waals surface area contributed by atoms with Crippen LogP contribution in [0, 0.1) is 11.6 Å². The maximum absolute atomic E-state index is 16.2. The molecule has 1 unspecified atom stereocenters. The molecule has 5 rings (SSSR count). The number of rotatable bonds is 6. The summed E-state index contributed by atoms with van der Waals surface area (Å²) in [5.41, 5.74) is -1.30. The van der Waals surface area contributed by atoms with E-state index in [4.69, 9.17) is 11.6 Å². The molecule has 2 aromatic heterocycles. The van der Waals surface area contributed by atoms with Crippen molar-refractivity contribution < 1.29 is 27.1 Å². The van der Waals surface area contributed by atoms with E-state index in [2.05, 4.69) is 25.3 Å². The number of nitrogens with zero attached hydrogens (tertiary/aromatic N) is 6. The number of hydrogen-bond donors (Lipinski definition) is 2. The lowest BCUT2D eigenvalue weighted by atomic mass is 10.0. The van der Waals surface area contributed by atoms with Gasteiger partial charge < -0.3 is 15.3 Å². The van der Waals surface area contributed by atoms with E-state index in [0.29, 0.717) is 19.6 Å². The van der Waals surface area contributed by atoms with Crippen molar-refractivity contribution in [1.82, 2.24) is 30.2 Å². The first-order chi connectivity index (χ1) is 19.0. The SMILES string of the molecule is CC1CN(c2nc(CN(Cc3ncccn3)C(F)(F)F)nc3c(F)c(-c4c(O)cccc4F)c(Cl)cc23)CCN1. The zero-order chi connectivity index (χ0) is 28.6. The molecule has 1 fully saturated rings. The summed E-state index contributed by atoms with van der Waals surface area (Å²) in [5, 5.41) is 13.5. The Labute approximate surface area is 230 Å². The van der Waals surface area contributed by atoms with Crippen LogP contribution in [0.2, 0.25) is 5.02 Å². The third-order valence-electron chi connectivity index (χ3n) is 6.46. The first kappa shape index (κ1) is 27.9. The Bertz CT molecular complexity index is 1520. The van der Waals surface area contributed by atoms with Gasteiger partial charge in [-0.2, -0.15) is 18.1 Å². The van der Waals surface area contributed by atoms with Crippen LogP contribution in [0.25, 0.3) is 22.0 Å². The molecule has 3 heterocycles. The average molecular weight is 580 g/mol. The zero-order valence-electron chi connectivity index (χ0n) is 21.1. The molecule has 0 spiro atoms. The van der Waals surface area contributed by atoms with Crippen LogP contribution in [0.1, 0.15) is 18.6 Å². The second kappa shape index (κ2) is 11.1. The quantitative estimate of drug-likeness (QED) is 0.242. The number of phenols is 1. The second-order valence-electron chi connectivity index (χ2n) is 9.33. The van der Waals surface area contributed by atoms with Crippen LogP contribution in [0.3, 0.4) is 0 Å². The van der Waals surface area contributed by atoms with Crippen LogP contribution in [-0.2, 0) is 13.1 Å². The number of phenolic OH excluding ortho intramolecular Hbond substituents is 1. The van der Waals surface area contributed by atoms with Gasteiger partial charge in [0.25, 0.3) is 0 Å². The minimum Gasteiger partial charge on any atom is -0.507 e. The van der Waals surface area contributed by atoms with E-state index in [9.17, 15) is 22.7 Å². The lowest BCUT2D eigenvalue weighted by Gasteiger charge is -2.34. The lowest BCUT2D eigenvalue weighted by molar-refractivity contribution is -0.254. The van der Waals surface area contributed by atoms with Crippen molar-refractivity contribution >= 4 is 28.3 Å². The Morgan fingerprint density at radius 2 is 1.80 bits per heavy atom. The molecular formula is C26H23ClF5N7O. The van der Waals surface area contributed by atoms with Gasteiger partial charge in [0.1, 0.15) is 34.6 Å². The molecule has 0 aliphatic carbocycles. The number of benzene rings is 2. The van der Waals surface area contributed by atoms with Gasteiger partial charge in [-0.3, -0.25) is 0 Å². The van der Waals surface area contributed by atoms with E-state index in [1.165, 1.54) is 36.7 Å². The number of alkyl halides is 3. The van der Waals surface area contributed by atoms with Crippen molar-refractivity contribution in [3.05, 3.63) is 71.0 Å². The zero-order valence-corrected chi connectivity index (χ0v) is 21.8. The van der Waals surface area contributed by atoms with Gasteiger partial charge in [0.05, 0.1) is 23.7 Å². The number of fused-ring (bicyclic) bond motifs is 1. The van der Waals surface area contributed by atoms with Crippen molar-refractivity contribution in [2.24, 2.45) is 0 Å². The summed E-state index contributed by atoms with van der Waals surface area (Å²) < 4.78 is 73.0. The number of hydrogen-bond acceptors (Lipinski definition) is 8. The smallest absolute Gasteiger partial charge is 0.460 e. The highest BCUT2D eigenvalue weighted by Gasteiger charge is 2.39. The molecule has 40 heavy (non-hydrogen) atoms. The van der Waals surface area contributed by atoms with Crippen LogP contribution in [-0.4, -0.2) is 61.9 Å². The summed E-state index contributed by atoms with van der Waals surface area (Å²) >= 11 is 6.43. The number of anilines is 1. The highest BCUT2D eigenvalue weighted by Crippen LogP contribution is 2.42. The van der Waals surface area contributed by atoms with E-state index in [1.54, 1.807) is 0 Å². The third-order valence-corrected chi connectivity index (χ3v) is 6.76. The van der Waals surface area contributed by atoms with Gasteiger partial charge in [-0.25, -0.2) is 28.7 Å². The monoisotopic (exact) mass is 579 g/mol.